The van der Waals surface area contributed by atoms with E-state index in [0.717, 1.165) is 50.4 Å². The number of carbonyl (C=O) groups is 2. The van der Waals surface area contributed by atoms with E-state index < -0.39 is 5.91 Å². The highest BCUT2D eigenvalue weighted by Crippen LogP contribution is 2.22. The number of aliphatic hydroxyl groups is 1. The number of hydrogen-bond acceptors (Lipinski definition) is 8. The molecular weight excluding hydrogens is 410 g/mol. The summed E-state index contributed by atoms with van der Waals surface area (Å²) >= 11 is 0. The van der Waals surface area contributed by atoms with E-state index in [4.69, 9.17) is 16.6 Å². The van der Waals surface area contributed by atoms with Crippen molar-refractivity contribution in [2.75, 3.05) is 42.1 Å². The average molecular weight is 442 g/mol. The van der Waals surface area contributed by atoms with Crippen LogP contribution in [0.4, 0.5) is 23.1 Å². The van der Waals surface area contributed by atoms with E-state index in [0.29, 0.717) is 0 Å². The summed E-state index contributed by atoms with van der Waals surface area (Å²) in [6.07, 6.45) is 5.91. The van der Waals surface area contributed by atoms with Crippen LogP contribution < -0.4 is 21.7 Å². The summed E-state index contributed by atoms with van der Waals surface area (Å²) < 4.78 is 0. The number of nitrogens with zero attached hydrogens (tertiary/aromatic N) is 4. The Bertz CT molecular complexity index is 922. The zero-order valence-corrected chi connectivity index (χ0v) is 18.3. The molecule has 1 aliphatic carbocycles. The fraction of sp³-hybridized carbons (Fsp3) is 0.455. The maximum atomic E-state index is 11.4. The second kappa shape index (κ2) is 10.8. The van der Waals surface area contributed by atoms with Gasteiger partial charge in [-0.15, -0.1) is 0 Å². The van der Waals surface area contributed by atoms with Gasteiger partial charge in [-0.05, 0) is 37.1 Å². The van der Waals surface area contributed by atoms with Crippen LogP contribution in [0.3, 0.4) is 0 Å². The van der Waals surface area contributed by atoms with E-state index >= 15 is 0 Å². The quantitative estimate of drug-likeness (QED) is 0.557. The van der Waals surface area contributed by atoms with Crippen LogP contribution in [0.15, 0.2) is 30.5 Å². The molecule has 0 spiro atoms. The lowest BCUT2D eigenvalue weighted by molar-refractivity contribution is -0.129. The Kier molecular flexibility index (Phi) is 7.82. The third kappa shape index (κ3) is 6.30. The minimum Gasteiger partial charge on any atom is -0.393 e. The van der Waals surface area contributed by atoms with Crippen molar-refractivity contribution in [3.63, 3.8) is 0 Å². The van der Waals surface area contributed by atoms with Gasteiger partial charge in [-0.3, -0.25) is 9.59 Å². The van der Waals surface area contributed by atoms with Crippen LogP contribution in [0.2, 0.25) is 0 Å². The lowest BCUT2D eigenvalue weighted by Gasteiger charge is -2.35. The third-order valence-electron chi connectivity index (χ3n) is 5.62. The van der Waals surface area contributed by atoms with Gasteiger partial charge < -0.3 is 31.7 Å². The van der Waals surface area contributed by atoms with Crippen molar-refractivity contribution in [3.8, 4) is 0 Å². The van der Waals surface area contributed by atoms with Crippen LogP contribution in [-0.4, -0.2) is 64.1 Å². The van der Waals surface area contributed by atoms with Crippen LogP contribution in [0.25, 0.3) is 0 Å². The van der Waals surface area contributed by atoms with Gasteiger partial charge in [0.1, 0.15) is 5.82 Å². The van der Waals surface area contributed by atoms with Crippen molar-refractivity contribution < 1.29 is 14.7 Å². The first kappa shape index (κ1) is 23.3. The topological polar surface area (TPSA) is 151 Å². The van der Waals surface area contributed by atoms with E-state index in [1.54, 1.807) is 6.92 Å². The van der Waals surface area contributed by atoms with Crippen molar-refractivity contribution in [2.45, 2.75) is 38.7 Å². The summed E-state index contributed by atoms with van der Waals surface area (Å²) in [7, 11) is 0. The maximum absolute atomic E-state index is 11.4. The van der Waals surface area contributed by atoms with E-state index in [1.807, 2.05) is 29.2 Å². The lowest BCUT2D eigenvalue weighted by atomic mass is 10.2. The van der Waals surface area contributed by atoms with Crippen LogP contribution in [-0.2, 0) is 4.79 Å². The van der Waals surface area contributed by atoms with Gasteiger partial charge in [0.05, 0.1) is 11.7 Å². The number of aliphatic hydroxyl groups excluding tert-OH is 1. The zero-order chi connectivity index (χ0) is 23.1. The minimum atomic E-state index is -0.664. The van der Waals surface area contributed by atoms with E-state index in [-0.39, 0.29) is 29.3 Å². The first-order valence-electron chi connectivity index (χ1n) is 10.8. The summed E-state index contributed by atoms with van der Waals surface area (Å²) in [5, 5.41) is 11.8. The number of nitrogens with one attached hydrogen (secondary N) is 1. The predicted octanol–water partition coefficient (Wildman–Crippen LogP) is 1.49. The number of nitrogen functional groups attached to an aromatic ring is 1. The van der Waals surface area contributed by atoms with Gasteiger partial charge in [0.25, 0.3) is 5.91 Å². The Hall–Kier alpha value is -3.40. The van der Waals surface area contributed by atoms with Crippen molar-refractivity contribution in [2.24, 2.45) is 5.73 Å². The minimum absolute atomic E-state index is 0.0370. The highest BCUT2D eigenvalue weighted by atomic mass is 16.3. The summed E-state index contributed by atoms with van der Waals surface area (Å²) in [5.41, 5.74) is 12.9. The van der Waals surface area contributed by atoms with Gasteiger partial charge in [0, 0.05) is 50.7 Å². The number of piperazine rings is 1. The molecule has 1 aromatic carbocycles. The molecule has 10 heteroatoms. The van der Waals surface area contributed by atoms with Gasteiger partial charge >= 0.3 is 0 Å². The number of hydrogen-bond donors (Lipinski definition) is 4. The Morgan fingerprint density at radius 1 is 1.09 bits per heavy atom. The summed E-state index contributed by atoms with van der Waals surface area (Å²) in [4.78, 5) is 34.7. The SMILES string of the molecule is CC(=O)N1CCN(c2ccc(Nc3ncc(C(N)=O)c(N)n3)cc2)CC1.OC1CCCC1. The van der Waals surface area contributed by atoms with Gasteiger partial charge in [0.2, 0.25) is 11.9 Å². The number of rotatable bonds is 4. The summed E-state index contributed by atoms with van der Waals surface area (Å²) in [6.45, 7) is 4.67. The highest BCUT2D eigenvalue weighted by molar-refractivity contribution is 5.96. The molecule has 2 fully saturated rings. The van der Waals surface area contributed by atoms with Crippen molar-refractivity contribution >= 4 is 35.0 Å². The number of nitrogens with two attached hydrogens (primary N) is 2. The number of amides is 2. The van der Waals surface area contributed by atoms with E-state index in [1.165, 1.54) is 19.0 Å². The molecule has 0 bridgehead atoms. The van der Waals surface area contributed by atoms with Gasteiger partial charge in [-0.25, -0.2) is 4.98 Å². The normalized spacial score (nSPS) is 16.3. The molecule has 4 rings (SSSR count). The molecule has 10 nitrogen and oxygen atoms in total. The fourth-order valence-corrected chi connectivity index (χ4v) is 3.71. The molecule has 1 saturated carbocycles. The van der Waals surface area contributed by atoms with Crippen LogP contribution >= 0.6 is 0 Å². The second-order valence-corrected chi connectivity index (χ2v) is 7.96. The fourth-order valence-electron chi connectivity index (χ4n) is 3.71. The second-order valence-electron chi connectivity index (χ2n) is 7.96. The number of benzene rings is 1. The Balaban J connectivity index is 0.000000416. The highest BCUT2D eigenvalue weighted by Gasteiger charge is 2.18. The van der Waals surface area contributed by atoms with Crippen LogP contribution in [0.1, 0.15) is 43.0 Å². The van der Waals surface area contributed by atoms with Crippen molar-refractivity contribution in [3.05, 3.63) is 36.0 Å². The lowest BCUT2D eigenvalue weighted by Crippen LogP contribution is -2.48. The number of anilines is 4. The molecule has 0 unspecified atom stereocenters. The molecule has 2 aromatic rings. The largest absolute Gasteiger partial charge is 0.393 e. The molecule has 172 valence electrons. The van der Waals surface area contributed by atoms with Gasteiger partial charge in [-0.1, -0.05) is 12.8 Å². The smallest absolute Gasteiger partial charge is 0.254 e. The Morgan fingerprint density at radius 2 is 1.72 bits per heavy atom. The van der Waals surface area contributed by atoms with Gasteiger partial charge in [-0.2, -0.15) is 4.98 Å². The molecule has 0 radical (unpaired) electrons. The molecule has 1 aliphatic heterocycles. The Labute approximate surface area is 187 Å². The molecule has 0 atom stereocenters. The molecule has 1 saturated heterocycles. The average Bonchev–Trinajstić information content (AvgIpc) is 3.25. The molecule has 32 heavy (non-hydrogen) atoms. The van der Waals surface area contributed by atoms with Crippen LogP contribution in [0, 0.1) is 0 Å². The van der Waals surface area contributed by atoms with E-state index in [2.05, 4.69) is 20.2 Å². The standard InChI is InChI=1S/C17H21N7O2.C5H10O/c1-11(25)23-6-8-24(9-7-23)13-4-2-12(3-5-13)21-17-20-10-14(16(19)26)15(18)22-17;6-5-3-1-2-4-5/h2-5,10H,6-9H2,1H3,(H2,19,26)(H3,18,20,21,22);5-6H,1-4H2. The Morgan fingerprint density at radius 3 is 2.19 bits per heavy atom. The summed E-state index contributed by atoms with van der Waals surface area (Å²) in [6, 6.07) is 7.81. The number of primary amides is 1. The molecular formula is C22H31N7O3. The predicted molar refractivity (Wildman–Crippen MR) is 124 cm³/mol. The summed E-state index contributed by atoms with van der Waals surface area (Å²) in [5.74, 6) is -0.223. The first-order valence-corrected chi connectivity index (χ1v) is 10.8. The van der Waals surface area contributed by atoms with Crippen molar-refractivity contribution in [1.29, 1.82) is 0 Å². The van der Waals surface area contributed by atoms with Gasteiger partial charge in [0.15, 0.2) is 0 Å². The first-order chi connectivity index (χ1) is 15.3. The molecule has 2 heterocycles. The van der Waals surface area contributed by atoms with Crippen LogP contribution in [0.5, 0.6) is 0 Å². The number of carbonyl (C=O) groups excluding carboxylic acids is 2. The molecule has 2 aliphatic rings. The molecule has 6 N–H and O–H groups in total. The maximum Gasteiger partial charge on any atom is 0.254 e. The molecule has 1 aromatic heterocycles. The van der Waals surface area contributed by atoms with E-state index in [9.17, 15) is 9.59 Å². The molecule has 2 amide bonds. The zero-order valence-electron chi connectivity index (χ0n) is 18.3. The van der Waals surface area contributed by atoms with Crippen molar-refractivity contribution in [1.82, 2.24) is 14.9 Å². The monoisotopic (exact) mass is 441 g/mol. The third-order valence-corrected chi connectivity index (χ3v) is 5.62. The number of aromatic nitrogens is 2.